The molecule has 27 heavy (non-hydrogen) atoms. The summed E-state index contributed by atoms with van der Waals surface area (Å²) in [6.45, 7) is 0. The highest BCUT2D eigenvalue weighted by molar-refractivity contribution is 7.80. The number of hydrogen-bond acceptors (Lipinski definition) is 3. The van der Waals surface area contributed by atoms with Crippen LogP contribution in [0.4, 0.5) is 5.69 Å². The van der Waals surface area contributed by atoms with Gasteiger partial charge in [-0.1, -0.05) is 12.1 Å². The van der Waals surface area contributed by atoms with Gasteiger partial charge in [0, 0.05) is 14.1 Å². The lowest BCUT2D eigenvalue weighted by molar-refractivity contribution is -0.144. The highest BCUT2D eigenvalue weighted by Crippen LogP contribution is 2.60. The summed E-state index contributed by atoms with van der Waals surface area (Å²) in [6, 6.07) is 7.23. The average Bonchev–Trinajstić information content (AvgIpc) is 2.60. The van der Waals surface area contributed by atoms with Crippen molar-refractivity contribution >= 4 is 34.8 Å². The van der Waals surface area contributed by atoms with E-state index in [4.69, 9.17) is 12.2 Å². The number of nitrogens with one attached hydrogen (secondary N) is 2. The second-order valence-corrected chi connectivity index (χ2v) is 9.26. The first-order valence-electron chi connectivity index (χ1n) is 9.79. The predicted octanol–water partition coefficient (Wildman–Crippen LogP) is 3.42. The number of hydrogen-bond donors (Lipinski definition) is 2. The molecule has 4 aliphatic rings. The average molecular weight is 386 g/mol. The van der Waals surface area contributed by atoms with Gasteiger partial charge in [0.2, 0.25) is 5.91 Å². The van der Waals surface area contributed by atoms with Crippen LogP contribution in [0.2, 0.25) is 0 Å². The van der Waals surface area contributed by atoms with Gasteiger partial charge < -0.3 is 15.5 Å². The molecule has 2 amide bonds. The number of anilines is 1. The van der Waals surface area contributed by atoms with Crippen molar-refractivity contribution in [2.24, 2.45) is 23.2 Å². The molecule has 5 rings (SSSR count). The molecule has 0 aliphatic heterocycles. The van der Waals surface area contributed by atoms with Crippen LogP contribution in [0.5, 0.6) is 0 Å². The van der Waals surface area contributed by atoms with E-state index in [-0.39, 0.29) is 22.3 Å². The van der Waals surface area contributed by atoms with Crippen LogP contribution >= 0.6 is 12.2 Å². The van der Waals surface area contributed by atoms with Gasteiger partial charge in [-0.2, -0.15) is 0 Å². The molecule has 6 heteroatoms. The van der Waals surface area contributed by atoms with Gasteiger partial charge in [0.15, 0.2) is 5.11 Å². The van der Waals surface area contributed by atoms with Crippen LogP contribution < -0.4 is 10.6 Å². The van der Waals surface area contributed by atoms with Gasteiger partial charge >= 0.3 is 0 Å². The Morgan fingerprint density at radius 1 is 1.04 bits per heavy atom. The van der Waals surface area contributed by atoms with E-state index in [2.05, 4.69) is 10.6 Å². The minimum atomic E-state index is -0.237. The summed E-state index contributed by atoms with van der Waals surface area (Å²) in [5.74, 6) is 2.09. The van der Waals surface area contributed by atoms with Gasteiger partial charge in [-0.05, 0) is 80.6 Å². The third kappa shape index (κ3) is 3.47. The first kappa shape index (κ1) is 18.4. The van der Waals surface area contributed by atoms with E-state index < -0.39 is 0 Å². The number of carbonyl (C=O) groups is 2. The van der Waals surface area contributed by atoms with Crippen molar-refractivity contribution in [2.45, 2.75) is 38.5 Å². The van der Waals surface area contributed by atoms with Gasteiger partial charge in [0.25, 0.3) is 5.91 Å². The van der Waals surface area contributed by atoms with Crippen molar-refractivity contribution in [1.82, 2.24) is 10.2 Å². The SMILES string of the molecule is CN(C)C(=O)c1ccccc1NC(=S)NC(=O)C12CC3CC(CC(C3)C1)C2. The largest absolute Gasteiger partial charge is 0.345 e. The number of carbonyl (C=O) groups excluding carboxylic acids is 2. The molecular weight excluding hydrogens is 358 g/mol. The van der Waals surface area contributed by atoms with Crippen LogP contribution in [-0.4, -0.2) is 35.9 Å². The molecule has 1 aromatic rings. The van der Waals surface area contributed by atoms with Crippen LogP contribution in [0, 0.1) is 23.2 Å². The zero-order chi connectivity index (χ0) is 19.2. The fraction of sp³-hybridized carbons (Fsp3) is 0.571. The Hall–Kier alpha value is -1.95. The van der Waals surface area contributed by atoms with Crippen molar-refractivity contribution in [3.05, 3.63) is 29.8 Å². The molecule has 0 heterocycles. The van der Waals surface area contributed by atoms with E-state index in [0.717, 1.165) is 19.3 Å². The molecule has 0 radical (unpaired) electrons. The zero-order valence-electron chi connectivity index (χ0n) is 16.0. The van der Waals surface area contributed by atoms with E-state index in [1.807, 2.05) is 12.1 Å². The Bertz CT molecular complexity index is 754. The van der Waals surface area contributed by atoms with Crippen LogP contribution in [-0.2, 0) is 4.79 Å². The molecule has 0 saturated heterocycles. The van der Waals surface area contributed by atoms with Crippen LogP contribution in [0.15, 0.2) is 24.3 Å². The number of para-hydroxylation sites is 1. The molecule has 0 spiro atoms. The van der Waals surface area contributed by atoms with Crippen LogP contribution in [0.1, 0.15) is 48.9 Å². The summed E-state index contributed by atoms with van der Waals surface area (Å²) in [6.07, 6.45) is 6.91. The highest BCUT2D eigenvalue weighted by Gasteiger charge is 2.54. The summed E-state index contributed by atoms with van der Waals surface area (Å²) < 4.78 is 0. The molecule has 5 nitrogen and oxygen atoms in total. The van der Waals surface area contributed by atoms with Crippen LogP contribution in [0.25, 0.3) is 0 Å². The normalized spacial score (nSPS) is 30.7. The second kappa shape index (κ2) is 6.89. The lowest BCUT2D eigenvalue weighted by atomic mass is 9.49. The summed E-state index contributed by atoms with van der Waals surface area (Å²) >= 11 is 5.41. The molecular formula is C21H27N3O2S. The number of amides is 2. The van der Waals surface area contributed by atoms with Gasteiger partial charge in [-0.25, -0.2) is 0 Å². The van der Waals surface area contributed by atoms with Crippen molar-refractivity contribution in [2.75, 3.05) is 19.4 Å². The molecule has 4 saturated carbocycles. The van der Waals surface area contributed by atoms with Gasteiger partial charge in [0.1, 0.15) is 0 Å². The number of benzene rings is 1. The van der Waals surface area contributed by atoms with Crippen molar-refractivity contribution in [3.8, 4) is 0 Å². The lowest BCUT2D eigenvalue weighted by Crippen LogP contribution is -2.55. The molecule has 4 bridgehead atoms. The summed E-state index contributed by atoms with van der Waals surface area (Å²) in [5, 5.41) is 6.27. The Morgan fingerprint density at radius 2 is 1.59 bits per heavy atom. The summed E-state index contributed by atoms with van der Waals surface area (Å²) in [5.41, 5.74) is 0.917. The van der Waals surface area contributed by atoms with Crippen molar-refractivity contribution < 1.29 is 9.59 Å². The fourth-order valence-corrected chi connectivity index (χ4v) is 6.00. The fourth-order valence-electron chi connectivity index (χ4n) is 5.80. The number of nitrogens with zero attached hydrogens (tertiary/aromatic N) is 1. The predicted molar refractivity (Wildman–Crippen MR) is 109 cm³/mol. The molecule has 0 atom stereocenters. The van der Waals surface area contributed by atoms with Gasteiger partial charge in [0.05, 0.1) is 16.7 Å². The lowest BCUT2D eigenvalue weighted by Gasteiger charge is -2.55. The maximum atomic E-state index is 13.1. The first-order valence-corrected chi connectivity index (χ1v) is 10.2. The van der Waals surface area contributed by atoms with Crippen LogP contribution in [0.3, 0.4) is 0 Å². The number of rotatable bonds is 3. The highest BCUT2D eigenvalue weighted by atomic mass is 32.1. The molecule has 0 unspecified atom stereocenters. The Morgan fingerprint density at radius 3 is 2.15 bits per heavy atom. The van der Waals surface area contributed by atoms with Gasteiger partial charge in [-0.3, -0.25) is 9.59 Å². The quantitative estimate of drug-likeness (QED) is 0.783. The molecule has 0 aromatic heterocycles. The molecule has 1 aromatic carbocycles. The first-order chi connectivity index (χ1) is 12.9. The van der Waals surface area contributed by atoms with E-state index in [0.29, 0.717) is 29.0 Å². The molecule has 144 valence electrons. The van der Waals surface area contributed by atoms with E-state index in [1.54, 1.807) is 26.2 Å². The Balaban J connectivity index is 1.45. The maximum absolute atomic E-state index is 13.1. The van der Waals surface area contributed by atoms with E-state index >= 15 is 0 Å². The third-order valence-electron chi connectivity index (χ3n) is 6.56. The van der Waals surface area contributed by atoms with Gasteiger partial charge in [-0.15, -0.1) is 0 Å². The monoisotopic (exact) mass is 385 g/mol. The van der Waals surface area contributed by atoms with Crippen molar-refractivity contribution in [3.63, 3.8) is 0 Å². The molecule has 2 N–H and O–H groups in total. The Labute approximate surface area is 165 Å². The number of thiocarbonyl (C=S) groups is 1. The van der Waals surface area contributed by atoms with E-state index in [9.17, 15) is 9.59 Å². The minimum Gasteiger partial charge on any atom is -0.345 e. The van der Waals surface area contributed by atoms with Crippen molar-refractivity contribution in [1.29, 1.82) is 0 Å². The Kier molecular flexibility index (Phi) is 4.70. The third-order valence-corrected chi connectivity index (χ3v) is 6.76. The minimum absolute atomic E-state index is 0.0653. The topological polar surface area (TPSA) is 61.4 Å². The molecule has 4 fully saturated rings. The standard InChI is InChI=1S/C21H27N3O2S/c1-24(2)18(25)16-5-3-4-6-17(16)22-20(27)23-19(26)21-10-13-7-14(11-21)9-15(8-13)12-21/h3-6,13-15H,7-12H2,1-2H3,(H2,22,23,26,27). The maximum Gasteiger partial charge on any atom is 0.255 e. The molecule has 4 aliphatic carbocycles. The smallest absolute Gasteiger partial charge is 0.255 e. The second-order valence-electron chi connectivity index (χ2n) is 8.85. The van der Waals surface area contributed by atoms with E-state index in [1.165, 1.54) is 24.2 Å². The zero-order valence-corrected chi connectivity index (χ0v) is 16.8. The summed E-state index contributed by atoms with van der Waals surface area (Å²) in [4.78, 5) is 27.0. The summed E-state index contributed by atoms with van der Waals surface area (Å²) in [7, 11) is 3.43.